The number of aromatic nitrogens is 3. The Hall–Kier alpha value is -2.81. The molecule has 0 saturated carbocycles. The maximum Gasteiger partial charge on any atom is 0.573 e. The number of fused-ring (bicyclic) bond motifs is 1. The molecule has 0 aliphatic heterocycles. The average molecular weight is 357 g/mol. The summed E-state index contributed by atoms with van der Waals surface area (Å²) in [7, 11) is 0. The Labute approximate surface area is 137 Å². The van der Waals surface area contributed by atoms with Gasteiger partial charge < -0.3 is 10.5 Å². The molecule has 6 nitrogen and oxygen atoms in total. The van der Waals surface area contributed by atoms with E-state index in [-0.39, 0.29) is 27.6 Å². The van der Waals surface area contributed by atoms with Gasteiger partial charge in [-0.15, -0.1) is 13.2 Å². The Balaban J connectivity index is 2.33. The van der Waals surface area contributed by atoms with E-state index in [0.717, 1.165) is 16.7 Å². The molecule has 2 heterocycles. The molecule has 0 unspecified atom stereocenters. The van der Waals surface area contributed by atoms with E-state index in [0.29, 0.717) is 0 Å². The van der Waals surface area contributed by atoms with Crippen molar-refractivity contribution in [3.63, 3.8) is 0 Å². The van der Waals surface area contributed by atoms with Crippen molar-refractivity contribution in [3.8, 4) is 11.4 Å². The fourth-order valence-electron chi connectivity index (χ4n) is 2.20. The quantitative estimate of drug-likeness (QED) is 0.714. The van der Waals surface area contributed by atoms with Crippen molar-refractivity contribution in [1.29, 1.82) is 0 Å². The Morgan fingerprint density at radius 3 is 2.67 bits per heavy atom. The van der Waals surface area contributed by atoms with Crippen molar-refractivity contribution < 1.29 is 17.9 Å². The zero-order chi connectivity index (χ0) is 17.5. The number of halogens is 4. The molecule has 2 N–H and O–H groups in total. The lowest BCUT2D eigenvalue weighted by atomic mass is 10.2. The molecule has 0 amide bonds. The molecule has 10 heteroatoms. The van der Waals surface area contributed by atoms with Gasteiger partial charge in [-0.1, -0.05) is 11.6 Å². The molecule has 0 spiro atoms. The van der Waals surface area contributed by atoms with Crippen molar-refractivity contribution in [3.05, 3.63) is 52.2 Å². The third-order valence-corrected chi connectivity index (χ3v) is 3.40. The van der Waals surface area contributed by atoms with Gasteiger partial charge >= 0.3 is 12.1 Å². The molecule has 0 radical (unpaired) electrons. The van der Waals surface area contributed by atoms with Crippen LogP contribution in [0.3, 0.4) is 0 Å². The van der Waals surface area contributed by atoms with Gasteiger partial charge in [0.05, 0.1) is 11.2 Å². The maximum atomic E-state index is 12.4. The van der Waals surface area contributed by atoms with E-state index in [9.17, 15) is 18.0 Å². The van der Waals surface area contributed by atoms with Gasteiger partial charge in [0.1, 0.15) is 11.6 Å². The molecule has 0 atom stereocenters. The summed E-state index contributed by atoms with van der Waals surface area (Å²) in [6.07, 6.45) is -3.47. The molecule has 0 aliphatic carbocycles. The summed E-state index contributed by atoms with van der Waals surface area (Å²) in [4.78, 5) is 19.7. The standard InChI is InChI=1S/C14H8ClF3N4O2/c15-11-9(2-1-5-20-11)22-10-6-7(24-14(16,17)18)3-4-8(10)12(19)21-13(22)23/h1-6H,(H2,19,21,23). The van der Waals surface area contributed by atoms with E-state index in [2.05, 4.69) is 14.7 Å². The smallest absolute Gasteiger partial charge is 0.406 e. The number of nitrogens with two attached hydrogens (primary N) is 1. The highest BCUT2D eigenvalue weighted by atomic mass is 35.5. The van der Waals surface area contributed by atoms with Crippen molar-refractivity contribution in [1.82, 2.24) is 14.5 Å². The number of alkyl halides is 3. The molecule has 0 fully saturated rings. The van der Waals surface area contributed by atoms with E-state index in [1.807, 2.05) is 0 Å². The predicted octanol–water partition coefficient (Wildman–Crippen LogP) is 2.91. The van der Waals surface area contributed by atoms with Crippen LogP contribution in [-0.2, 0) is 0 Å². The maximum absolute atomic E-state index is 12.4. The number of hydrogen-bond acceptors (Lipinski definition) is 5. The van der Waals surface area contributed by atoms with Crippen LogP contribution in [0, 0.1) is 0 Å². The molecule has 24 heavy (non-hydrogen) atoms. The number of pyridine rings is 1. The number of benzene rings is 1. The molecular weight excluding hydrogens is 349 g/mol. The summed E-state index contributed by atoms with van der Waals surface area (Å²) < 4.78 is 42.2. The normalized spacial score (nSPS) is 11.7. The Morgan fingerprint density at radius 2 is 2.00 bits per heavy atom. The lowest BCUT2D eigenvalue weighted by Crippen LogP contribution is -2.24. The van der Waals surface area contributed by atoms with E-state index in [1.54, 1.807) is 0 Å². The summed E-state index contributed by atoms with van der Waals surface area (Å²) in [6, 6.07) is 6.38. The summed E-state index contributed by atoms with van der Waals surface area (Å²) in [6.45, 7) is 0. The summed E-state index contributed by atoms with van der Waals surface area (Å²) in [5.41, 5.74) is 5.09. The molecule has 0 aliphatic rings. The second kappa shape index (κ2) is 5.68. The first kappa shape index (κ1) is 16.1. The molecular formula is C14H8ClF3N4O2. The van der Waals surface area contributed by atoms with Crippen LogP contribution < -0.4 is 16.2 Å². The van der Waals surface area contributed by atoms with Crippen LogP contribution in [0.2, 0.25) is 5.15 Å². The lowest BCUT2D eigenvalue weighted by Gasteiger charge is -2.14. The van der Waals surface area contributed by atoms with Crippen LogP contribution in [0.15, 0.2) is 41.3 Å². The van der Waals surface area contributed by atoms with Crippen molar-refractivity contribution in [2.45, 2.75) is 6.36 Å². The first-order valence-electron chi connectivity index (χ1n) is 6.45. The third-order valence-electron chi connectivity index (χ3n) is 3.11. The third kappa shape index (κ3) is 2.98. The highest BCUT2D eigenvalue weighted by Gasteiger charge is 2.31. The summed E-state index contributed by atoms with van der Waals surface area (Å²) >= 11 is 5.98. The van der Waals surface area contributed by atoms with Crippen molar-refractivity contribution in [2.24, 2.45) is 0 Å². The first-order valence-corrected chi connectivity index (χ1v) is 6.83. The Kier molecular flexibility index (Phi) is 3.80. The van der Waals surface area contributed by atoms with Crippen LogP contribution in [-0.4, -0.2) is 20.9 Å². The first-order chi connectivity index (χ1) is 11.3. The number of rotatable bonds is 2. The van der Waals surface area contributed by atoms with Gasteiger partial charge in [0, 0.05) is 17.6 Å². The van der Waals surface area contributed by atoms with E-state index in [4.69, 9.17) is 17.3 Å². The van der Waals surface area contributed by atoms with Crippen LogP contribution >= 0.6 is 11.6 Å². The minimum atomic E-state index is -4.87. The predicted molar refractivity (Wildman–Crippen MR) is 81.2 cm³/mol. The molecule has 0 bridgehead atoms. The number of nitrogens with zero attached hydrogens (tertiary/aromatic N) is 3. The molecule has 3 aromatic rings. The fourth-order valence-corrected chi connectivity index (χ4v) is 2.41. The topological polar surface area (TPSA) is 83.0 Å². The number of nitrogen functional groups attached to an aromatic ring is 1. The van der Waals surface area contributed by atoms with Gasteiger partial charge in [0.25, 0.3) is 0 Å². The summed E-state index contributed by atoms with van der Waals surface area (Å²) in [5.74, 6) is -0.626. The number of hydrogen-bond donors (Lipinski definition) is 1. The zero-order valence-corrected chi connectivity index (χ0v) is 12.5. The Morgan fingerprint density at radius 1 is 1.25 bits per heavy atom. The van der Waals surface area contributed by atoms with Crippen LogP contribution in [0.1, 0.15) is 0 Å². The lowest BCUT2D eigenvalue weighted by molar-refractivity contribution is -0.274. The average Bonchev–Trinajstić information content (AvgIpc) is 2.47. The second-order valence-electron chi connectivity index (χ2n) is 4.66. The zero-order valence-electron chi connectivity index (χ0n) is 11.7. The molecule has 124 valence electrons. The van der Waals surface area contributed by atoms with Crippen LogP contribution in [0.4, 0.5) is 19.0 Å². The molecule has 1 aromatic carbocycles. The highest BCUT2D eigenvalue weighted by Crippen LogP contribution is 2.29. The summed E-state index contributed by atoms with van der Waals surface area (Å²) in [5, 5.41) is 0.249. The van der Waals surface area contributed by atoms with Gasteiger partial charge in [-0.3, -0.25) is 4.57 Å². The number of anilines is 1. The van der Waals surface area contributed by atoms with Crippen molar-refractivity contribution in [2.75, 3.05) is 5.73 Å². The van der Waals surface area contributed by atoms with Gasteiger partial charge in [0.15, 0.2) is 5.15 Å². The van der Waals surface area contributed by atoms with E-state index >= 15 is 0 Å². The fraction of sp³-hybridized carbons (Fsp3) is 0.0714. The molecule has 2 aromatic heterocycles. The minimum Gasteiger partial charge on any atom is -0.406 e. The van der Waals surface area contributed by atoms with E-state index in [1.165, 1.54) is 24.4 Å². The minimum absolute atomic E-state index is 0.0189. The highest BCUT2D eigenvalue weighted by molar-refractivity contribution is 6.31. The van der Waals surface area contributed by atoms with Gasteiger partial charge in [-0.25, -0.2) is 9.78 Å². The molecule has 0 saturated heterocycles. The van der Waals surface area contributed by atoms with Crippen molar-refractivity contribution >= 4 is 28.3 Å². The number of ether oxygens (including phenoxy) is 1. The monoisotopic (exact) mass is 356 g/mol. The molecule has 3 rings (SSSR count). The largest absolute Gasteiger partial charge is 0.573 e. The van der Waals surface area contributed by atoms with Gasteiger partial charge in [-0.05, 0) is 24.3 Å². The van der Waals surface area contributed by atoms with Gasteiger partial charge in [0.2, 0.25) is 0 Å². The Bertz CT molecular complexity index is 988. The SMILES string of the molecule is Nc1nc(=O)n(-c2cccnc2Cl)c2cc(OC(F)(F)F)ccc12. The van der Waals surface area contributed by atoms with Crippen LogP contribution in [0.25, 0.3) is 16.6 Å². The van der Waals surface area contributed by atoms with Gasteiger partial charge in [-0.2, -0.15) is 4.98 Å². The van der Waals surface area contributed by atoms with E-state index < -0.39 is 17.8 Å². The second-order valence-corrected chi connectivity index (χ2v) is 5.01. The van der Waals surface area contributed by atoms with Crippen LogP contribution in [0.5, 0.6) is 5.75 Å².